The van der Waals surface area contributed by atoms with E-state index in [1.54, 1.807) is 40.4 Å². The molecule has 0 aliphatic heterocycles. The van der Waals surface area contributed by atoms with E-state index in [1.807, 2.05) is 30.3 Å². The van der Waals surface area contributed by atoms with Crippen molar-refractivity contribution in [2.45, 2.75) is 6.92 Å². The van der Waals surface area contributed by atoms with E-state index in [1.165, 1.54) is 0 Å². The molecule has 0 amide bonds. The molecule has 0 aliphatic rings. The van der Waals surface area contributed by atoms with Gasteiger partial charge in [0.15, 0.2) is 22.8 Å². The Balaban J connectivity index is 2.12. The number of carbonyl (C=O) groups is 1. The molecule has 3 aromatic rings. The van der Waals surface area contributed by atoms with E-state index in [0.717, 1.165) is 16.5 Å². The third-order valence-corrected chi connectivity index (χ3v) is 4.21. The summed E-state index contributed by atoms with van der Waals surface area (Å²) in [6.07, 6.45) is 1.59. The van der Waals surface area contributed by atoms with E-state index < -0.39 is 5.97 Å². The van der Waals surface area contributed by atoms with E-state index in [0.29, 0.717) is 28.6 Å². The summed E-state index contributed by atoms with van der Waals surface area (Å²) in [5, 5.41) is 9.90. The van der Waals surface area contributed by atoms with Gasteiger partial charge in [-0.25, -0.2) is 4.79 Å². The number of benzene rings is 2. The monoisotopic (exact) mass is 368 g/mol. The van der Waals surface area contributed by atoms with Crippen molar-refractivity contribution in [1.29, 1.82) is 0 Å². The van der Waals surface area contributed by atoms with Crippen LogP contribution in [0.3, 0.4) is 0 Å². The van der Waals surface area contributed by atoms with Gasteiger partial charge in [0, 0.05) is 16.5 Å². The van der Waals surface area contributed by atoms with E-state index >= 15 is 0 Å². The molecule has 140 valence electrons. The molecule has 0 fully saturated rings. The van der Waals surface area contributed by atoms with Gasteiger partial charge in [0.25, 0.3) is 0 Å². The van der Waals surface area contributed by atoms with Gasteiger partial charge < -0.3 is 23.7 Å². The molecule has 0 bridgehead atoms. The van der Waals surface area contributed by atoms with Crippen LogP contribution in [-0.2, 0) is 4.79 Å². The van der Waals surface area contributed by atoms with Gasteiger partial charge in [0.05, 0.1) is 21.3 Å². The van der Waals surface area contributed by atoms with Crippen LogP contribution >= 0.6 is 0 Å². The number of ether oxygens (including phenoxy) is 3. The zero-order valence-electron chi connectivity index (χ0n) is 15.5. The number of aliphatic carboxylic acids is 1. The first-order valence-corrected chi connectivity index (χ1v) is 8.22. The fraction of sp³-hybridized carbons (Fsp3) is 0.190. The van der Waals surface area contributed by atoms with Crippen LogP contribution in [0.1, 0.15) is 12.5 Å². The minimum atomic E-state index is -0.965. The number of fused-ring (bicyclic) bond motifs is 1. The summed E-state index contributed by atoms with van der Waals surface area (Å²) in [4.78, 5) is 11.1. The Bertz CT molecular complexity index is 1030. The van der Waals surface area contributed by atoms with Crippen molar-refractivity contribution < 1.29 is 28.5 Å². The number of carboxylic acids is 1. The first kappa shape index (κ1) is 18.4. The van der Waals surface area contributed by atoms with Crippen LogP contribution in [0.4, 0.5) is 0 Å². The molecule has 1 aromatic heterocycles. The summed E-state index contributed by atoms with van der Waals surface area (Å²) in [6, 6.07) is 11.0. The van der Waals surface area contributed by atoms with Crippen LogP contribution in [0.5, 0.6) is 17.2 Å². The Morgan fingerprint density at radius 3 is 2.30 bits per heavy atom. The van der Waals surface area contributed by atoms with Crippen molar-refractivity contribution in [3.8, 4) is 28.6 Å². The summed E-state index contributed by atoms with van der Waals surface area (Å²) in [5.41, 5.74) is 2.37. The lowest BCUT2D eigenvalue weighted by Gasteiger charge is -2.08. The zero-order chi connectivity index (χ0) is 19.6. The Labute approximate surface area is 156 Å². The van der Waals surface area contributed by atoms with Gasteiger partial charge in [0.2, 0.25) is 0 Å². The smallest absolute Gasteiger partial charge is 0.331 e. The maximum atomic E-state index is 11.1. The number of carboxylic acid groups (broad SMARTS) is 1. The highest BCUT2D eigenvalue weighted by atomic mass is 16.5. The molecule has 6 heteroatoms. The molecular weight excluding hydrogens is 348 g/mol. The van der Waals surface area contributed by atoms with Gasteiger partial charge in [0.1, 0.15) is 5.76 Å². The third-order valence-electron chi connectivity index (χ3n) is 4.21. The molecule has 0 radical (unpaired) electrons. The maximum absolute atomic E-state index is 11.1. The number of furan rings is 1. The lowest BCUT2D eigenvalue weighted by molar-refractivity contribution is -0.132. The lowest BCUT2D eigenvalue weighted by atomic mass is 10.1. The summed E-state index contributed by atoms with van der Waals surface area (Å²) >= 11 is 0. The second-order valence-electron chi connectivity index (χ2n) is 5.95. The predicted molar refractivity (Wildman–Crippen MR) is 103 cm³/mol. The van der Waals surface area contributed by atoms with Gasteiger partial charge >= 0.3 is 5.97 Å². The molecule has 0 unspecified atom stereocenters. The van der Waals surface area contributed by atoms with Crippen LogP contribution < -0.4 is 14.2 Å². The van der Waals surface area contributed by atoms with Crippen molar-refractivity contribution in [1.82, 2.24) is 0 Å². The molecule has 0 atom stereocenters. The molecule has 0 saturated carbocycles. The Hall–Kier alpha value is -3.41. The fourth-order valence-corrected chi connectivity index (χ4v) is 2.82. The van der Waals surface area contributed by atoms with Crippen molar-refractivity contribution in [2.75, 3.05) is 21.3 Å². The van der Waals surface area contributed by atoms with Crippen LogP contribution in [0.15, 0.2) is 46.4 Å². The first-order valence-electron chi connectivity index (χ1n) is 8.22. The highest BCUT2D eigenvalue weighted by Crippen LogP contribution is 2.38. The summed E-state index contributed by atoms with van der Waals surface area (Å²) in [6.45, 7) is 1.55. The topological polar surface area (TPSA) is 78.1 Å². The van der Waals surface area contributed by atoms with Gasteiger partial charge in [-0.2, -0.15) is 0 Å². The lowest BCUT2D eigenvalue weighted by Crippen LogP contribution is -1.95. The van der Waals surface area contributed by atoms with Crippen molar-refractivity contribution >= 4 is 23.0 Å². The average molecular weight is 368 g/mol. The highest BCUT2D eigenvalue weighted by molar-refractivity contribution is 5.94. The minimum absolute atomic E-state index is 0.236. The zero-order valence-corrected chi connectivity index (χ0v) is 15.5. The molecule has 0 aliphatic carbocycles. The van der Waals surface area contributed by atoms with Gasteiger partial charge in [-0.1, -0.05) is 0 Å². The van der Waals surface area contributed by atoms with Crippen molar-refractivity contribution in [3.63, 3.8) is 0 Å². The SMILES string of the molecule is COc1ccc(-c2cc3cc(C=C(C)C(=O)O)cc(OC)c3o2)cc1OC. The molecule has 6 nitrogen and oxygen atoms in total. The van der Waals surface area contributed by atoms with E-state index in [-0.39, 0.29) is 5.57 Å². The summed E-state index contributed by atoms with van der Waals surface area (Å²) in [7, 11) is 4.70. The second kappa shape index (κ2) is 7.45. The average Bonchev–Trinajstić information content (AvgIpc) is 3.10. The molecule has 3 rings (SSSR count). The van der Waals surface area contributed by atoms with Crippen LogP contribution in [-0.4, -0.2) is 32.4 Å². The van der Waals surface area contributed by atoms with Crippen molar-refractivity contribution in [2.24, 2.45) is 0 Å². The molecule has 2 aromatic carbocycles. The number of hydrogen-bond donors (Lipinski definition) is 1. The number of rotatable bonds is 6. The Morgan fingerprint density at radius 1 is 0.963 bits per heavy atom. The van der Waals surface area contributed by atoms with E-state index in [2.05, 4.69) is 0 Å². The molecule has 0 saturated heterocycles. The third kappa shape index (κ3) is 3.60. The normalized spacial score (nSPS) is 11.5. The predicted octanol–water partition coefficient (Wildman–Crippen LogP) is 4.61. The van der Waals surface area contributed by atoms with Gasteiger partial charge in [-0.05, 0) is 55.0 Å². The van der Waals surface area contributed by atoms with Gasteiger partial charge in [-0.3, -0.25) is 0 Å². The second-order valence-corrected chi connectivity index (χ2v) is 5.95. The standard InChI is InChI=1S/C21H20O6/c1-12(21(22)23)7-13-8-15-11-17(27-20(15)19(9-13)26-4)14-5-6-16(24-2)18(10-14)25-3/h5-11H,1-4H3,(H,22,23). The number of hydrogen-bond acceptors (Lipinski definition) is 5. The summed E-state index contributed by atoms with van der Waals surface area (Å²) in [5.74, 6) is 1.44. The largest absolute Gasteiger partial charge is 0.493 e. The van der Waals surface area contributed by atoms with Crippen LogP contribution in [0, 0.1) is 0 Å². The Kier molecular flexibility index (Phi) is 5.07. The molecular formula is C21H20O6. The summed E-state index contributed by atoms with van der Waals surface area (Å²) < 4.78 is 22.0. The molecule has 1 heterocycles. The quantitative estimate of drug-likeness (QED) is 0.640. The van der Waals surface area contributed by atoms with Gasteiger partial charge in [-0.15, -0.1) is 0 Å². The van der Waals surface area contributed by atoms with E-state index in [4.69, 9.17) is 23.7 Å². The Morgan fingerprint density at radius 2 is 1.67 bits per heavy atom. The van der Waals surface area contributed by atoms with Crippen LogP contribution in [0.25, 0.3) is 28.4 Å². The van der Waals surface area contributed by atoms with Crippen LogP contribution in [0.2, 0.25) is 0 Å². The number of methoxy groups -OCH3 is 3. The van der Waals surface area contributed by atoms with Crippen molar-refractivity contribution in [3.05, 3.63) is 47.5 Å². The minimum Gasteiger partial charge on any atom is -0.493 e. The highest BCUT2D eigenvalue weighted by Gasteiger charge is 2.14. The first-order chi connectivity index (χ1) is 13.0. The molecule has 1 N–H and O–H groups in total. The van der Waals surface area contributed by atoms with E-state index in [9.17, 15) is 4.79 Å². The maximum Gasteiger partial charge on any atom is 0.331 e. The molecule has 27 heavy (non-hydrogen) atoms. The molecule has 0 spiro atoms. The fourth-order valence-electron chi connectivity index (χ4n) is 2.82.